The van der Waals surface area contributed by atoms with Crippen molar-refractivity contribution in [2.24, 2.45) is 5.92 Å². The Bertz CT molecular complexity index is 336. The summed E-state index contributed by atoms with van der Waals surface area (Å²) in [6.07, 6.45) is 6.62. The highest BCUT2D eigenvalue weighted by molar-refractivity contribution is 5.38. The molecule has 2 fully saturated rings. The number of nitrogens with zero attached hydrogens (tertiary/aromatic N) is 3. The maximum Gasteiger partial charge on any atom is 0.169 e. The molecule has 0 bridgehead atoms. The second-order valence-corrected chi connectivity index (χ2v) is 4.61. The third-order valence-electron chi connectivity index (χ3n) is 3.42. The lowest BCUT2D eigenvalue weighted by Gasteiger charge is -2.25. The molecular weight excluding hydrogens is 176 g/mol. The highest BCUT2D eigenvalue weighted by Gasteiger charge is 2.31. The molecule has 0 atom stereocenters. The standard InChI is InChI=1S/C10H16N4/c11-10-9(8-4-5-8)14(13-12-10)6-7-2-1-3-7/h7-8H,1-6,11H2. The van der Waals surface area contributed by atoms with E-state index in [-0.39, 0.29) is 0 Å². The van der Waals surface area contributed by atoms with Crippen molar-refractivity contribution in [3.63, 3.8) is 0 Å². The van der Waals surface area contributed by atoms with Gasteiger partial charge in [0.1, 0.15) is 0 Å². The van der Waals surface area contributed by atoms with Crippen LogP contribution in [0.4, 0.5) is 5.82 Å². The van der Waals surface area contributed by atoms with Gasteiger partial charge in [0.15, 0.2) is 5.82 Å². The molecule has 0 aromatic carbocycles. The molecular formula is C10H16N4. The molecule has 2 aliphatic carbocycles. The predicted molar refractivity (Wildman–Crippen MR) is 53.8 cm³/mol. The van der Waals surface area contributed by atoms with Gasteiger partial charge in [0.05, 0.1) is 5.69 Å². The summed E-state index contributed by atoms with van der Waals surface area (Å²) in [6, 6.07) is 0. The average molecular weight is 192 g/mol. The summed E-state index contributed by atoms with van der Waals surface area (Å²) in [5, 5.41) is 8.12. The highest BCUT2D eigenvalue weighted by atomic mass is 15.4. The molecule has 14 heavy (non-hydrogen) atoms. The summed E-state index contributed by atoms with van der Waals surface area (Å²) in [4.78, 5) is 0. The smallest absolute Gasteiger partial charge is 0.169 e. The zero-order valence-corrected chi connectivity index (χ0v) is 8.32. The third-order valence-corrected chi connectivity index (χ3v) is 3.42. The number of anilines is 1. The van der Waals surface area contributed by atoms with Gasteiger partial charge in [0.25, 0.3) is 0 Å². The minimum absolute atomic E-state index is 0.657. The first-order valence-electron chi connectivity index (χ1n) is 5.53. The Labute approximate surface area is 83.5 Å². The van der Waals surface area contributed by atoms with E-state index in [0.717, 1.165) is 12.5 Å². The van der Waals surface area contributed by atoms with Crippen LogP contribution in [0.5, 0.6) is 0 Å². The summed E-state index contributed by atoms with van der Waals surface area (Å²) >= 11 is 0. The molecule has 76 valence electrons. The first-order chi connectivity index (χ1) is 6.84. The summed E-state index contributed by atoms with van der Waals surface area (Å²) in [5.74, 6) is 2.14. The monoisotopic (exact) mass is 192 g/mol. The molecule has 1 heterocycles. The van der Waals surface area contributed by atoms with Crippen LogP contribution in [0.15, 0.2) is 0 Å². The molecule has 0 radical (unpaired) electrons. The molecule has 2 aliphatic rings. The van der Waals surface area contributed by atoms with Crippen LogP contribution in [0.25, 0.3) is 0 Å². The van der Waals surface area contributed by atoms with E-state index in [4.69, 9.17) is 5.73 Å². The van der Waals surface area contributed by atoms with E-state index in [0.29, 0.717) is 11.7 Å². The second kappa shape index (κ2) is 2.97. The fourth-order valence-corrected chi connectivity index (χ4v) is 2.17. The molecule has 4 heteroatoms. The largest absolute Gasteiger partial charge is 0.381 e. The van der Waals surface area contributed by atoms with Crippen LogP contribution in [0.2, 0.25) is 0 Å². The first kappa shape index (κ1) is 8.26. The second-order valence-electron chi connectivity index (χ2n) is 4.61. The molecule has 3 rings (SSSR count). The molecule has 1 aromatic heterocycles. The summed E-state index contributed by atoms with van der Waals surface area (Å²) < 4.78 is 2.05. The lowest BCUT2D eigenvalue weighted by Crippen LogP contribution is -2.20. The number of rotatable bonds is 3. The van der Waals surface area contributed by atoms with Crippen LogP contribution in [-0.2, 0) is 6.54 Å². The van der Waals surface area contributed by atoms with E-state index in [9.17, 15) is 0 Å². The highest BCUT2D eigenvalue weighted by Crippen LogP contribution is 2.42. The van der Waals surface area contributed by atoms with Crippen LogP contribution in [0, 0.1) is 5.92 Å². The third kappa shape index (κ3) is 1.29. The minimum Gasteiger partial charge on any atom is -0.381 e. The van der Waals surface area contributed by atoms with E-state index in [1.165, 1.54) is 37.8 Å². The fraction of sp³-hybridized carbons (Fsp3) is 0.800. The maximum atomic E-state index is 5.82. The predicted octanol–water partition coefficient (Wildman–Crippen LogP) is 1.54. The number of hydrogen-bond acceptors (Lipinski definition) is 3. The van der Waals surface area contributed by atoms with E-state index in [2.05, 4.69) is 15.0 Å². The zero-order valence-electron chi connectivity index (χ0n) is 8.32. The lowest BCUT2D eigenvalue weighted by molar-refractivity contribution is 0.261. The van der Waals surface area contributed by atoms with Crippen molar-refractivity contribution < 1.29 is 0 Å². The van der Waals surface area contributed by atoms with E-state index in [1.807, 2.05) is 0 Å². The maximum absolute atomic E-state index is 5.82. The van der Waals surface area contributed by atoms with Crippen molar-refractivity contribution in [3.8, 4) is 0 Å². The number of aromatic nitrogens is 3. The van der Waals surface area contributed by atoms with Crippen molar-refractivity contribution in [2.45, 2.75) is 44.6 Å². The van der Waals surface area contributed by atoms with Crippen molar-refractivity contribution in [2.75, 3.05) is 5.73 Å². The summed E-state index contributed by atoms with van der Waals surface area (Å²) in [5.41, 5.74) is 7.03. The van der Waals surface area contributed by atoms with Crippen molar-refractivity contribution in [1.82, 2.24) is 15.0 Å². The van der Waals surface area contributed by atoms with E-state index < -0.39 is 0 Å². The molecule has 4 nitrogen and oxygen atoms in total. The molecule has 2 N–H and O–H groups in total. The van der Waals surface area contributed by atoms with E-state index in [1.54, 1.807) is 0 Å². The fourth-order valence-electron chi connectivity index (χ4n) is 2.17. The molecule has 0 amide bonds. The number of nitrogens with two attached hydrogens (primary N) is 1. The van der Waals surface area contributed by atoms with Crippen LogP contribution in [0.3, 0.4) is 0 Å². The van der Waals surface area contributed by atoms with Crippen LogP contribution in [-0.4, -0.2) is 15.0 Å². The molecule has 2 saturated carbocycles. The topological polar surface area (TPSA) is 56.7 Å². The Hall–Kier alpha value is -1.06. The Morgan fingerprint density at radius 2 is 2.07 bits per heavy atom. The summed E-state index contributed by atoms with van der Waals surface area (Å²) in [7, 11) is 0. The van der Waals surface area contributed by atoms with Gasteiger partial charge >= 0.3 is 0 Å². The Morgan fingerprint density at radius 3 is 2.64 bits per heavy atom. The van der Waals surface area contributed by atoms with Gasteiger partial charge in [-0.05, 0) is 31.6 Å². The van der Waals surface area contributed by atoms with Crippen LogP contribution >= 0.6 is 0 Å². The number of nitrogen functional groups attached to an aromatic ring is 1. The van der Waals surface area contributed by atoms with Crippen LogP contribution < -0.4 is 5.73 Å². The molecule has 0 unspecified atom stereocenters. The number of hydrogen-bond donors (Lipinski definition) is 1. The van der Waals surface area contributed by atoms with Gasteiger partial charge in [-0.15, -0.1) is 5.10 Å². The van der Waals surface area contributed by atoms with Crippen LogP contribution in [0.1, 0.15) is 43.7 Å². The Morgan fingerprint density at radius 1 is 1.29 bits per heavy atom. The van der Waals surface area contributed by atoms with E-state index >= 15 is 0 Å². The van der Waals surface area contributed by atoms with Crippen molar-refractivity contribution in [1.29, 1.82) is 0 Å². The Balaban J connectivity index is 1.81. The average Bonchev–Trinajstić information content (AvgIpc) is 2.85. The van der Waals surface area contributed by atoms with Gasteiger partial charge < -0.3 is 5.73 Å². The lowest BCUT2D eigenvalue weighted by atomic mass is 9.85. The zero-order chi connectivity index (χ0) is 9.54. The molecule has 0 aliphatic heterocycles. The quantitative estimate of drug-likeness (QED) is 0.790. The minimum atomic E-state index is 0.657. The van der Waals surface area contributed by atoms with Gasteiger partial charge in [-0.3, -0.25) is 0 Å². The molecule has 0 saturated heterocycles. The van der Waals surface area contributed by atoms with Gasteiger partial charge in [0.2, 0.25) is 0 Å². The van der Waals surface area contributed by atoms with Gasteiger partial charge in [-0.2, -0.15) is 0 Å². The van der Waals surface area contributed by atoms with Crippen molar-refractivity contribution in [3.05, 3.63) is 5.69 Å². The molecule has 0 spiro atoms. The Kier molecular flexibility index (Phi) is 1.75. The molecule has 1 aromatic rings. The van der Waals surface area contributed by atoms with Gasteiger partial charge in [0, 0.05) is 12.5 Å². The normalized spacial score (nSPS) is 22.3. The SMILES string of the molecule is Nc1nnn(CC2CCC2)c1C1CC1. The van der Waals surface area contributed by atoms with Gasteiger partial charge in [-0.1, -0.05) is 11.6 Å². The first-order valence-corrected chi connectivity index (χ1v) is 5.53. The summed E-state index contributed by atoms with van der Waals surface area (Å²) in [6.45, 7) is 1.04. The van der Waals surface area contributed by atoms with Gasteiger partial charge in [-0.25, -0.2) is 4.68 Å². The van der Waals surface area contributed by atoms with Crippen molar-refractivity contribution >= 4 is 5.82 Å².